The minimum atomic E-state index is -0.203. The number of benzene rings is 1. The number of nitrogens with zero attached hydrogens (tertiary/aromatic N) is 2. The van der Waals surface area contributed by atoms with Gasteiger partial charge in [-0.3, -0.25) is 4.79 Å². The molecule has 2 aromatic heterocycles. The topological polar surface area (TPSA) is 70.1 Å². The van der Waals surface area contributed by atoms with Crippen molar-refractivity contribution in [1.29, 1.82) is 0 Å². The number of methoxy groups -OCH3 is 1. The molecule has 0 spiro atoms. The summed E-state index contributed by atoms with van der Waals surface area (Å²) in [7, 11) is 1.61. The van der Waals surface area contributed by atoms with Crippen molar-refractivity contribution >= 4 is 10.9 Å². The maximum absolute atomic E-state index is 14.6. The highest BCUT2D eigenvalue weighted by Gasteiger charge is 2.31. The second kappa shape index (κ2) is 7.53. The molecule has 1 aliphatic heterocycles. The first-order valence-electron chi connectivity index (χ1n) is 11.1. The van der Waals surface area contributed by atoms with E-state index in [1.807, 2.05) is 11.5 Å². The van der Waals surface area contributed by atoms with Crippen LogP contribution in [0.15, 0.2) is 16.9 Å². The van der Waals surface area contributed by atoms with Crippen LogP contribution in [0.3, 0.4) is 0 Å². The summed E-state index contributed by atoms with van der Waals surface area (Å²) in [5.41, 5.74) is 13.9. The monoisotopic (exact) mass is 421 g/mol. The van der Waals surface area contributed by atoms with E-state index in [4.69, 9.17) is 15.5 Å². The van der Waals surface area contributed by atoms with E-state index in [0.29, 0.717) is 24.2 Å². The Morgan fingerprint density at radius 2 is 2.03 bits per heavy atom. The normalized spacial score (nSPS) is 15.3. The summed E-state index contributed by atoms with van der Waals surface area (Å²) in [5, 5.41) is 1.10. The van der Waals surface area contributed by atoms with Gasteiger partial charge in [-0.05, 0) is 73.4 Å². The molecule has 3 aromatic rings. The zero-order valence-electron chi connectivity index (χ0n) is 18.3. The molecule has 1 unspecified atom stereocenters. The molecule has 3 heterocycles. The number of halogens is 1. The molecule has 0 fully saturated rings. The van der Waals surface area contributed by atoms with E-state index in [0.717, 1.165) is 64.7 Å². The molecule has 1 aromatic carbocycles. The second-order valence-electron chi connectivity index (χ2n) is 8.89. The molecule has 31 heavy (non-hydrogen) atoms. The van der Waals surface area contributed by atoms with Gasteiger partial charge in [-0.1, -0.05) is 6.92 Å². The van der Waals surface area contributed by atoms with Crippen LogP contribution in [0.5, 0.6) is 0 Å². The van der Waals surface area contributed by atoms with Gasteiger partial charge in [-0.15, -0.1) is 0 Å². The van der Waals surface area contributed by atoms with Crippen LogP contribution in [-0.4, -0.2) is 23.2 Å². The zero-order chi connectivity index (χ0) is 21.9. The first-order chi connectivity index (χ1) is 15.0. The molecule has 5 rings (SSSR count). The standard InChI is InChI=1S/C25H28FN3O2/c1-13(7-8-27)17-9-22-24-18(11-29(22)25(30)19(17)12-31-3)16-6-4-5-15-14(2)20(26)10-21(28-24)23(15)16/h9-10,13H,4-8,11-12,27H2,1-3H3. The van der Waals surface area contributed by atoms with Gasteiger partial charge in [0.05, 0.1) is 30.1 Å². The van der Waals surface area contributed by atoms with Gasteiger partial charge < -0.3 is 15.0 Å². The van der Waals surface area contributed by atoms with Crippen molar-refractivity contribution in [2.75, 3.05) is 13.7 Å². The number of hydrogen-bond donors (Lipinski definition) is 1. The Morgan fingerprint density at radius 1 is 1.26 bits per heavy atom. The summed E-state index contributed by atoms with van der Waals surface area (Å²) in [4.78, 5) is 18.4. The minimum Gasteiger partial charge on any atom is -0.380 e. The number of nitrogens with two attached hydrogens (primary N) is 1. The molecular weight excluding hydrogens is 393 g/mol. The van der Waals surface area contributed by atoms with Crippen molar-refractivity contribution < 1.29 is 9.13 Å². The van der Waals surface area contributed by atoms with E-state index in [9.17, 15) is 9.18 Å². The fourth-order valence-electron chi connectivity index (χ4n) is 5.46. The van der Waals surface area contributed by atoms with E-state index in [1.54, 1.807) is 13.2 Å². The predicted octanol–water partition coefficient (Wildman–Crippen LogP) is 3.96. The summed E-state index contributed by atoms with van der Waals surface area (Å²) < 4.78 is 21.8. The van der Waals surface area contributed by atoms with E-state index in [-0.39, 0.29) is 23.9 Å². The van der Waals surface area contributed by atoms with Crippen molar-refractivity contribution in [1.82, 2.24) is 9.55 Å². The molecule has 0 radical (unpaired) electrons. The van der Waals surface area contributed by atoms with E-state index in [1.165, 1.54) is 5.56 Å². The number of fused-ring (bicyclic) bond motifs is 4. The predicted molar refractivity (Wildman–Crippen MR) is 120 cm³/mol. The number of aryl methyl sites for hydroxylation is 2. The average Bonchev–Trinajstić information content (AvgIpc) is 3.13. The van der Waals surface area contributed by atoms with Gasteiger partial charge in [0.2, 0.25) is 0 Å². The highest BCUT2D eigenvalue weighted by atomic mass is 19.1. The van der Waals surface area contributed by atoms with Crippen LogP contribution in [0.1, 0.15) is 59.1 Å². The number of hydrogen-bond acceptors (Lipinski definition) is 4. The third-order valence-electron chi connectivity index (χ3n) is 7.08. The van der Waals surface area contributed by atoms with Crippen molar-refractivity contribution in [2.24, 2.45) is 5.73 Å². The zero-order valence-corrected chi connectivity index (χ0v) is 18.3. The van der Waals surface area contributed by atoms with Crippen molar-refractivity contribution in [3.8, 4) is 11.4 Å². The molecular formula is C25H28FN3O2. The molecule has 1 atom stereocenters. The molecule has 1 aliphatic carbocycles. The lowest BCUT2D eigenvalue weighted by Gasteiger charge is -2.22. The SMILES string of the molecule is COCc1c(C(C)CCN)cc2n(c1=O)Cc1c-2nc2cc(F)c(C)c3c2c1CCC3. The number of rotatable bonds is 5. The largest absolute Gasteiger partial charge is 0.380 e. The van der Waals surface area contributed by atoms with E-state index >= 15 is 0 Å². The van der Waals surface area contributed by atoms with Gasteiger partial charge in [0.15, 0.2) is 0 Å². The Morgan fingerprint density at radius 3 is 2.77 bits per heavy atom. The Bertz CT molecular complexity index is 1280. The maximum Gasteiger partial charge on any atom is 0.257 e. The third kappa shape index (κ3) is 2.96. The highest BCUT2D eigenvalue weighted by molar-refractivity contribution is 5.92. The smallest absolute Gasteiger partial charge is 0.257 e. The lowest BCUT2D eigenvalue weighted by atomic mass is 9.85. The molecule has 0 bridgehead atoms. The average molecular weight is 422 g/mol. The molecule has 2 aliphatic rings. The molecule has 6 heteroatoms. The van der Waals surface area contributed by atoms with Gasteiger partial charge in [0.25, 0.3) is 5.56 Å². The number of pyridine rings is 2. The molecule has 0 saturated carbocycles. The molecule has 2 N–H and O–H groups in total. The lowest BCUT2D eigenvalue weighted by molar-refractivity contribution is 0.182. The van der Waals surface area contributed by atoms with E-state index < -0.39 is 0 Å². The van der Waals surface area contributed by atoms with Crippen molar-refractivity contribution in [3.63, 3.8) is 0 Å². The summed E-state index contributed by atoms with van der Waals surface area (Å²) in [6.45, 7) is 5.29. The Hall–Kier alpha value is -2.57. The molecule has 5 nitrogen and oxygen atoms in total. The van der Waals surface area contributed by atoms with Crippen LogP contribution in [0, 0.1) is 12.7 Å². The molecule has 162 valence electrons. The number of ether oxygens (including phenoxy) is 1. The minimum absolute atomic E-state index is 0.0223. The van der Waals surface area contributed by atoms with Gasteiger partial charge in [0.1, 0.15) is 5.82 Å². The fraction of sp³-hybridized carbons (Fsp3) is 0.440. The fourth-order valence-corrected chi connectivity index (χ4v) is 5.46. The van der Waals surface area contributed by atoms with Crippen LogP contribution < -0.4 is 11.3 Å². The maximum atomic E-state index is 14.6. The summed E-state index contributed by atoms with van der Waals surface area (Å²) in [6, 6.07) is 3.64. The van der Waals surface area contributed by atoms with Crippen molar-refractivity contribution in [2.45, 2.75) is 58.6 Å². The molecule has 0 amide bonds. The van der Waals surface area contributed by atoms with Crippen LogP contribution in [0.2, 0.25) is 0 Å². The second-order valence-corrected chi connectivity index (χ2v) is 8.89. The third-order valence-corrected chi connectivity index (χ3v) is 7.08. The van der Waals surface area contributed by atoms with Crippen LogP contribution in [0.25, 0.3) is 22.3 Å². The first-order valence-corrected chi connectivity index (χ1v) is 11.1. The van der Waals surface area contributed by atoms with Crippen LogP contribution >= 0.6 is 0 Å². The van der Waals surface area contributed by atoms with Gasteiger partial charge >= 0.3 is 0 Å². The quantitative estimate of drug-likeness (QED) is 0.530. The Kier molecular flexibility index (Phi) is 4.94. The van der Waals surface area contributed by atoms with Crippen LogP contribution in [0.4, 0.5) is 4.39 Å². The first kappa shape index (κ1) is 20.3. The van der Waals surface area contributed by atoms with E-state index in [2.05, 4.69) is 13.0 Å². The highest BCUT2D eigenvalue weighted by Crippen LogP contribution is 2.41. The Balaban J connectivity index is 1.80. The van der Waals surface area contributed by atoms with Gasteiger partial charge in [0, 0.05) is 29.7 Å². The summed E-state index contributed by atoms with van der Waals surface area (Å²) in [5.74, 6) is -0.0609. The Labute approximate surface area is 181 Å². The van der Waals surface area contributed by atoms with Gasteiger partial charge in [-0.25, -0.2) is 9.37 Å². The van der Waals surface area contributed by atoms with Gasteiger partial charge in [-0.2, -0.15) is 0 Å². The summed E-state index contributed by atoms with van der Waals surface area (Å²) >= 11 is 0. The molecule has 0 saturated heterocycles. The van der Waals surface area contributed by atoms with Crippen LogP contribution in [-0.2, 0) is 30.7 Å². The van der Waals surface area contributed by atoms with Crippen molar-refractivity contribution in [3.05, 3.63) is 61.7 Å². The number of aromatic nitrogens is 2. The lowest BCUT2D eigenvalue weighted by Crippen LogP contribution is -2.26. The summed E-state index contributed by atoms with van der Waals surface area (Å²) in [6.07, 6.45) is 3.58.